The first-order chi connectivity index (χ1) is 19.4. The van der Waals surface area contributed by atoms with E-state index in [0.717, 1.165) is 28.1 Å². The molecule has 4 rings (SSSR count). The largest absolute Gasteiger partial charge is 0.493 e. The minimum absolute atomic E-state index is 0.0977. The fraction of sp³-hybridized carbons (Fsp3) is 0.452. The lowest BCUT2D eigenvalue weighted by atomic mass is 9.87. The molecule has 1 N–H and O–H groups in total. The molecular formula is C31H41N5O4S. The van der Waals surface area contributed by atoms with Gasteiger partial charge in [0.1, 0.15) is 12.4 Å². The number of anilines is 1. The maximum Gasteiger partial charge on any atom is 0.240 e. The molecule has 2 amide bonds. The van der Waals surface area contributed by atoms with E-state index in [2.05, 4.69) is 26.1 Å². The lowest BCUT2D eigenvalue weighted by molar-refractivity contribution is -0.122. The van der Waals surface area contributed by atoms with Crippen molar-refractivity contribution < 1.29 is 19.1 Å². The van der Waals surface area contributed by atoms with E-state index in [-0.39, 0.29) is 34.8 Å². The van der Waals surface area contributed by atoms with Gasteiger partial charge in [0.25, 0.3) is 0 Å². The summed E-state index contributed by atoms with van der Waals surface area (Å²) in [6, 6.07) is 13.9. The predicted octanol–water partition coefficient (Wildman–Crippen LogP) is 4.34. The Labute approximate surface area is 247 Å². The Morgan fingerprint density at radius 2 is 1.85 bits per heavy atom. The lowest BCUT2D eigenvalue weighted by Gasteiger charge is -2.25. The van der Waals surface area contributed by atoms with Crippen LogP contribution in [0.2, 0.25) is 0 Å². The molecule has 0 saturated carbocycles. The topological polar surface area (TPSA) is 88.9 Å². The molecule has 220 valence electrons. The van der Waals surface area contributed by atoms with E-state index in [0.29, 0.717) is 30.4 Å². The van der Waals surface area contributed by atoms with Crippen molar-refractivity contribution in [3.8, 4) is 17.2 Å². The third-order valence-electron chi connectivity index (χ3n) is 6.94. The summed E-state index contributed by atoms with van der Waals surface area (Å²) in [5.74, 6) is 1.72. The molecule has 1 aliphatic rings. The Hall–Kier alpha value is -3.50. The van der Waals surface area contributed by atoms with Crippen LogP contribution in [0.3, 0.4) is 0 Å². The minimum atomic E-state index is -0.346. The van der Waals surface area contributed by atoms with Gasteiger partial charge in [-0.3, -0.25) is 14.5 Å². The minimum Gasteiger partial charge on any atom is -0.493 e. The second kappa shape index (κ2) is 12.6. The highest BCUT2D eigenvalue weighted by molar-refractivity contribution is 8.00. The van der Waals surface area contributed by atoms with E-state index in [1.54, 1.807) is 19.1 Å². The number of methoxy groups -OCH3 is 2. The van der Waals surface area contributed by atoms with Gasteiger partial charge in [-0.25, -0.2) is 4.68 Å². The summed E-state index contributed by atoms with van der Waals surface area (Å²) in [6.07, 6.45) is 0. The number of rotatable bonds is 9. The van der Waals surface area contributed by atoms with E-state index in [4.69, 9.17) is 14.6 Å². The zero-order valence-electron chi connectivity index (χ0n) is 25.3. The number of carbonyl (C=O) groups is 2. The highest BCUT2D eigenvalue weighted by atomic mass is 32.2. The molecule has 1 atom stereocenters. The number of carbonyl (C=O) groups excluding carboxylic acids is 2. The van der Waals surface area contributed by atoms with E-state index in [1.165, 1.54) is 11.8 Å². The van der Waals surface area contributed by atoms with Crippen LogP contribution < -0.4 is 19.7 Å². The molecule has 0 fully saturated rings. The Morgan fingerprint density at radius 3 is 2.49 bits per heavy atom. The van der Waals surface area contributed by atoms with Crippen LogP contribution in [0.5, 0.6) is 11.5 Å². The average molecular weight is 580 g/mol. The van der Waals surface area contributed by atoms with Crippen molar-refractivity contribution in [3.05, 3.63) is 64.8 Å². The molecule has 3 aromatic rings. The van der Waals surface area contributed by atoms with Gasteiger partial charge in [-0.15, -0.1) is 11.8 Å². The van der Waals surface area contributed by atoms with Crippen LogP contribution in [0.25, 0.3) is 5.69 Å². The van der Waals surface area contributed by atoms with Crippen LogP contribution >= 0.6 is 11.8 Å². The van der Waals surface area contributed by atoms with Gasteiger partial charge in [-0.05, 0) is 56.4 Å². The van der Waals surface area contributed by atoms with E-state index < -0.39 is 0 Å². The molecule has 1 unspecified atom stereocenters. The summed E-state index contributed by atoms with van der Waals surface area (Å²) < 4.78 is 13.0. The molecule has 0 aliphatic carbocycles. The predicted molar refractivity (Wildman–Crippen MR) is 165 cm³/mol. The first kappa shape index (κ1) is 30.5. The average Bonchev–Trinajstić information content (AvgIpc) is 3.26. The summed E-state index contributed by atoms with van der Waals surface area (Å²) in [7, 11) is 7.14. The molecule has 1 aromatic heterocycles. The first-order valence-corrected chi connectivity index (χ1v) is 14.7. The van der Waals surface area contributed by atoms with Crippen LogP contribution in [-0.4, -0.2) is 80.2 Å². The van der Waals surface area contributed by atoms with Crippen molar-refractivity contribution in [1.82, 2.24) is 20.0 Å². The van der Waals surface area contributed by atoms with Gasteiger partial charge in [0.15, 0.2) is 11.5 Å². The number of hydrogen-bond acceptors (Lipinski definition) is 7. The van der Waals surface area contributed by atoms with Crippen LogP contribution in [0.1, 0.15) is 48.4 Å². The molecule has 0 saturated heterocycles. The van der Waals surface area contributed by atoms with Crippen molar-refractivity contribution in [1.29, 1.82) is 0 Å². The molecule has 0 radical (unpaired) electrons. The maximum absolute atomic E-state index is 13.8. The normalized spacial score (nSPS) is 15.5. The smallest absolute Gasteiger partial charge is 0.240 e. The molecule has 10 heteroatoms. The van der Waals surface area contributed by atoms with Crippen LogP contribution in [-0.2, 0) is 15.0 Å². The number of ether oxygens (including phenoxy) is 2. The van der Waals surface area contributed by atoms with Gasteiger partial charge in [-0.2, -0.15) is 5.10 Å². The highest BCUT2D eigenvalue weighted by Crippen LogP contribution is 2.49. The number of nitrogens with zero attached hydrogens (tertiary/aromatic N) is 4. The SMILES string of the molecule is COc1ccc(C2SCC(=O)N(CC(=O)NCCN(C)C)c3c2c(C(C)(C)C)nn3-c2cccc(C)c2)cc1OC. The monoisotopic (exact) mass is 579 g/mol. The molecule has 9 nitrogen and oxygen atoms in total. The third kappa shape index (κ3) is 6.70. The summed E-state index contributed by atoms with van der Waals surface area (Å²) >= 11 is 1.54. The standard InChI is InChI=1S/C31H41N5O4S/c1-20-10-9-11-22(16-20)36-30-27(29(33-36)31(2,3)4)28(21-12-13-23(39-7)24(17-21)40-8)41-19-26(38)35(30)18-25(37)32-14-15-34(5)6/h9-13,16-17,28H,14-15,18-19H2,1-8H3,(H,32,37). The van der Waals surface area contributed by atoms with Gasteiger partial charge in [0.2, 0.25) is 11.8 Å². The fourth-order valence-corrected chi connectivity index (χ4v) is 6.10. The zero-order valence-corrected chi connectivity index (χ0v) is 26.1. The number of likely N-dealkylation sites (N-methyl/N-ethyl adjacent to an activating group) is 1. The van der Waals surface area contributed by atoms with Gasteiger partial charge in [0, 0.05) is 24.1 Å². The number of aryl methyl sites for hydroxylation is 1. The molecule has 2 heterocycles. The summed E-state index contributed by atoms with van der Waals surface area (Å²) in [4.78, 5) is 30.6. The number of thioether (sulfide) groups is 1. The van der Waals surface area contributed by atoms with Gasteiger partial charge < -0.3 is 19.7 Å². The van der Waals surface area contributed by atoms with Crippen LogP contribution in [0.15, 0.2) is 42.5 Å². The summed E-state index contributed by atoms with van der Waals surface area (Å²) in [5.41, 5.74) is 4.32. The summed E-state index contributed by atoms with van der Waals surface area (Å²) in [5, 5.41) is 7.90. The Bertz CT molecular complexity index is 1410. The number of fused-ring (bicyclic) bond motifs is 1. The van der Waals surface area contributed by atoms with Crippen molar-refractivity contribution in [3.63, 3.8) is 0 Å². The van der Waals surface area contributed by atoms with Crippen LogP contribution in [0.4, 0.5) is 5.82 Å². The van der Waals surface area contributed by atoms with Crippen molar-refractivity contribution in [2.75, 3.05) is 58.6 Å². The lowest BCUT2D eigenvalue weighted by Crippen LogP contribution is -2.43. The highest BCUT2D eigenvalue weighted by Gasteiger charge is 2.40. The van der Waals surface area contributed by atoms with Crippen molar-refractivity contribution in [2.24, 2.45) is 0 Å². The third-order valence-corrected chi connectivity index (χ3v) is 8.19. The van der Waals surface area contributed by atoms with E-state index >= 15 is 0 Å². The van der Waals surface area contributed by atoms with Crippen molar-refractivity contribution in [2.45, 2.75) is 38.4 Å². The Kier molecular flexibility index (Phi) is 9.34. The second-order valence-electron chi connectivity index (χ2n) is 11.5. The molecule has 1 aliphatic heterocycles. The van der Waals surface area contributed by atoms with E-state index in [1.807, 2.05) is 73.1 Å². The Morgan fingerprint density at radius 1 is 1.12 bits per heavy atom. The summed E-state index contributed by atoms with van der Waals surface area (Å²) in [6.45, 7) is 9.50. The number of nitrogens with one attached hydrogen (secondary N) is 1. The molecule has 41 heavy (non-hydrogen) atoms. The maximum atomic E-state index is 13.8. The first-order valence-electron chi connectivity index (χ1n) is 13.7. The number of benzene rings is 2. The molecule has 2 aromatic carbocycles. The zero-order chi connectivity index (χ0) is 29.9. The van der Waals surface area contributed by atoms with Crippen LogP contribution in [0, 0.1) is 6.92 Å². The van der Waals surface area contributed by atoms with E-state index in [9.17, 15) is 9.59 Å². The molecule has 0 bridgehead atoms. The number of aromatic nitrogens is 2. The van der Waals surface area contributed by atoms with Gasteiger partial charge in [-0.1, -0.05) is 39.0 Å². The van der Waals surface area contributed by atoms with Gasteiger partial charge in [0.05, 0.1) is 36.6 Å². The Balaban J connectivity index is 1.94. The van der Waals surface area contributed by atoms with Gasteiger partial charge >= 0.3 is 0 Å². The van der Waals surface area contributed by atoms with Crippen molar-refractivity contribution >= 4 is 29.4 Å². The molecule has 0 spiro atoms. The molecular weight excluding hydrogens is 538 g/mol. The number of hydrogen-bond donors (Lipinski definition) is 1. The number of amides is 2. The fourth-order valence-electron chi connectivity index (χ4n) is 4.91. The second-order valence-corrected chi connectivity index (χ2v) is 12.6. The quantitative estimate of drug-likeness (QED) is 0.403.